The SMILES string of the molecule is COc1ccc(-c2ccc(CN3CCN(C(=O)/C=C/c4ccc(Cl)s4)C(C)C3=O)cc2)cn1. The lowest BCUT2D eigenvalue weighted by Gasteiger charge is -2.38. The van der Waals surface area contributed by atoms with Crippen LogP contribution in [0.5, 0.6) is 5.88 Å². The van der Waals surface area contributed by atoms with Crippen LogP contribution in [0, 0.1) is 0 Å². The van der Waals surface area contributed by atoms with E-state index < -0.39 is 6.04 Å². The van der Waals surface area contributed by atoms with Crippen molar-refractivity contribution < 1.29 is 14.3 Å². The van der Waals surface area contributed by atoms with E-state index in [0.29, 0.717) is 29.9 Å². The molecule has 0 radical (unpaired) electrons. The Balaban J connectivity index is 1.36. The molecule has 0 spiro atoms. The molecule has 0 N–H and O–H groups in total. The summed E-state index contributed by atoms with van der Waals surface area (Å²) < 4.78 is 5.78. The lowest BCUT2D eigenvalue weighted by Crippen LogP contribution is -2.56. The first-order valence-corrected chi connectivity index (χ1v) is 11.8. The summed E-state index contributed by atoms with van der Waals surface area (Å²) in [6.45, 7) is 3.28. The van der Waals surface area contributed by atoms with Crippen molar-refractivity contribution in [3.63, 3.8) is 0 Å². The summed E-state index contributed by atoms with van der Waals surface area (Å²) in [5.74, 6) is 0.357. The van der Waals surface area contributed by atoms with Gasteiger partial charge in [0.15, 0.2) is 0 Å². The number of carbonyl (C=O) groups excluding carboxylic acids is 2. The van der Waals surface area contributed by atoms with Crippen LogP contribution in [-0.2, 0) is 16.1 Å². The van der Waals surface area contributed by atoms with Gasteiger partial charge in [-0.1, -0.05) is 35.9 Å². The third-order valence-corrected chi connectivity index (χ3v) is 6.82. The molecular formula is C25H24ClN3O3S. The van der Waals surface area contributed by atoms with E-state index in [4.69, 9.17) is 16.3 Å². The van der Waals surface area contributed by atoms with E-state index in [-0.39, 0.29) is 11.8 Å². The Labute approximate surface area is 202 Å². The molecule has 2 aromatic heterocycles. The number of hydrogen-bond donors (Lipinski definition) is 0. The summed E-state index contributed by atoms with van der Waals surface area (Å²) in [6.07, 6.45) is 5.02. The summed E-state index contributed by atoms with van der Waals surface area (Å²) in [6, 6.07) is 15.0. The molecule has 1 atom stereocenters. The predicted octanol–water partition coefficient (Wildman–Crippen LogP) is 4.74. The molecule has 1 aromatic carbocycles. The largest absolute Gasteiger partial charge is 0.481 e. The summed E-state index contributed by atoms with van der Waals surface area (Å²) in [5.41, 5.74) is 3.08. The Morgan fingerprint density at radius 2 is 1.91 bits per heavy atom. The molecular weight excluding hydrogens is 458 g/mol. The molecule has 1 saturated heterocycles. The fourth-order valence-electron chi connectivity index (χ4n) is 3.75. The highest BCUT2D eigenvalue weighted by atomic mass is 35.5. The average molecular weight is 482 g/mol. The van der Waals surface area contributed by atoms with Gasteiger partial charge < -0.3 is 14.5 Å². The quantitative estimate of drug-likeness (QED) is 0.477. The van der Waals surface area contributed by atoms with Crippen molar-refractivity contribution in [3.05, 3.63) is 75.6 Å². The zero-order valence-corrected chi connectivity index (χ0v) is 20.0. The number of nitrogens with zero attached hydrogens (tertiary/aromatic N) is 3. The second-order valence-electron chi connectivity index (χ2n) is 7.73. The van der Waals surface area contributed by atoms with Crippen molar-refractivity contribution in [2.45, 2.75) is 19.5 Å². The molecule has 3 heterocycles. The number of ether oxygens (including phenoxy) is 1. The van der Waals surface area contributed by atoms with Crippen molar-refractivity contribution in [1.82, 2.24) is 14.8 Å². The minimum atomic E-state index is -0.507. The van der Waals surface area contributed by atoms with E-state index in [1.807, 2.05) is 42.5 Å². The molecule has 170 valence electrons. The zero-order valence-electron chi connectivity index (χ0n) is 18.4. The molecule has 6 nitrogen and oxygen atoms in total. The molecule has 0 bridgehead atoms. The Morgan fingerprint density at radius 1 is 1.15 bits per heavy atom. The Bertz CT molecular complexity index is 1160. The number of hydrogen-bond acceptors (Lipinski definition) is 5. The van der Waals surface area contributed by atoms with Gasteiger partial charge in [-0.25, -0.2) is 4.98 Å². The van der Waals surface area contributed by atoms with Gasteiger partial charge in [-0.2, -0.15) is 0 Å². The van der Waals surface area contributed by atoms with Crippen LogP contribution in [-0.4, -0.2) is 52.8 Å². The van der Waals surface area contributed by atoms with E-state index in [1.165, 1.54) is 17.4 Å². The van der Waals surface area contributed by atoms with Crippen LogP contribution in [0.3, 0.4) is 0 Å². The number of aromatic nitrogens is 1. The number of carbonyl (C=O) groups is 2. The fourth-order valence-corrected chi connectivity index (χ4v) is 4.71. The first-order valence-electron chi connectivity index (χ1n) is 10.6. The molecule has 0 aliphatic carbocycles. The molecule has 33 heavy (non-hydrogen) atoms. The Kier molecular flexibility index (Phi) is 7.11. The normalized spacial score (nSPS) is 16.5. The molecule has 3 aromatic rings. The van der Waals surface area contributed by atoms with E-state index in [1.54, 1.807) is 42.2 Å². The minimum Gasteiger partial charge on any atom is -0.481 e. The summed E-state index contributed by atoms with van der Waals surface area (Å²) in [4.78, 5) is 34.1. The van der Waals surface area contributed by atoms with Crippen molar-refractivity contribution in [1.29, 1.82) is 0 Å². The van der Waals surface area contributed by atoms with Crippen molar-refractivity contribution in [2.24, 2.45) is 0 Å². The first kappa shape index (κ1) is 23.0. The summed E-state index contributed by atoms with van der Waals surface area (Å²) in [7, 11) is 1.59. The highest BCUT2D eigenvalue weighted by Gasteiger charge is 2.33. The van der Waals surface area contributed by atoms with Gasteiger partial charge >= 0.3 is 0 Å². The van der Waals surface area contributed by atoms with Gasteiger partial charge in [0, 0.05) is 48.4 Å². The van der Waals surface area contributed by atoms with E-state index in [0.717, 1.165) is 21.6 Å². The van der Waals surface area contributed by atoms with Crippen LogP contribution in [0.25, 0.3) is 17.2 Å². The van der Waals surface area contributed by atoms with Crippen LogP contribution in [0.1, 0.15) is 17.4 Å². The van der Waals surface area contributed by atoms with Gasteiger partial charge in [0.05, 0.1) is 11.4 Å². The monoisotopic (exact) mass is 481 g/mol. The molecule has 1 unspecified atom stereocenters. The third kappa shape index (κ3) is 5.43. The standard InChI is InChI=1S/C25H24ClN3O3S/c1-17-25(31)28(13-14-29(17)24(30)12-9-21-8-10-22(26)33-21)16-18-3-5-19(6-4-18)20-7-11-23(32-2)27-15-20/h3-12,15,17H,13-14,16H2,1-2H3/b12-9+. The fraction of sp³-hybridized carbons (Fsp3) is 0.240. The number of pyridine rings is 1. The highest BCUT2D eigenvalue weighted by molar-refractivity contribution is 7.17. The number of amides is 2. The zero-order chi connectivity index (χ0) is 23.4. The highest BCUT2D eigenvalue weighted by Crippen LogP contribution is 2.24. The molecule has 1 aliphatic heterocycles. The lowest BCUT2D eigenvalue weighted by molar-refractivity contribution is -0.148. The minimum absolute atomic E-state index is 0.0504. The van der Waals surface area contributed by atoms with Crippen LogP contribution < -0.4 is 4.74 Å². The molecule has 1 aliphatic rings. The van der Waals surface area contributed by atoms with Gasteiger partial charge in [-0.05, 0) is 42.3 Å². The lowest BCUT2D eigenvalue weighted by atomic mass is 10.0. The van der Waals surface area contributed by atoms with Gasteiger partial charge in [0.25, 0.3) is 0 Å². The molecule has 2 amide bonds. The molecule has 8 heteroatoms. The summed E-state index contributed by atoms with van der Waals surface area (Å²) >= 11 is 7.34. The predicted molar refractivity (Wildman–Crippen MR) is 131 cm³/mol. The maximum atomic E-state index is 12.9. The number of methoxy groups -OCH3 is 1. The van der Waals surface area contributed by atoms with Crippen molar-refractivity contribution in [2.75, 3.05) is 20.2 Å². The smallest absolute Gasteiger partial charge is 0.247 e. The second kappa shape index (κ2) is 10.2. The topological polar surface area (TPSA) is 62.7 Å². The Morgan fingerprint density at radius 3 is 2.55 bits per heavy atom. The van der Waals surface area contributed by atoms with Gasteiger partial charge in [-0.15, -0.1) is 11.3 Å². The number of rotatable bonds is 6. The van der Waals surface area contributed by atoms with Crippen LogP contribution >= 0.6 is 22.9 Å². The summed E-state index contributed by atoms with van der Waals surface area (Å²) in [5, 5.41) is 0. The van der Waals surface area contributed by atoms with Crippen LogP contribution in [0.2, 0.25) is 4.34 Å². The number of halogens is 1. The molecule has 1 fully saturated rings. The van der Waals surface area contributed by atoms with Gasteiger partial charge in [-0.3, -0.25) is 9.59 Å². The van der Waals surface area contributed by atoms with Crippen LogP contribution in [0.4, 0.5) is 0 Å². The van der Waals surface area contributed by atoms with Crippen LogP contribution in [0.15, 0.2) is 60.8 Å². The number of benzene rings is 1. The van der Waals surface area contributed by atoms with Crippen molar-refractivity contribution >= 4 is 40.8 Å². The van der Waals surface area contributed by atoms with Crippen molar-refractivity contribution in [3.8, 4) is 17.0 Å². The maximum Gasteiger partial charge on any atom is 0.247 e. The van der Waals surface area contributed by atoms with E-state index >= 15 is 0 Å². The number of thiophene rings is 1. The van der Waals surface area contributed by atoms with Gasteiger partial charge in [0.1, 0.15) is 6.04 Å². The van der Waals surface area contributed by atoms with Gasteiger partial charge in [0.2, 0.25) is 17.7 Å². The average Bonchev–Trinajstić information content (AvgIpc) is 3.26. The Hall–Kier alpha value is -3.16. The third-order valence-electron chi connectivity index (χ3n) is 5.62. The van der Waals surface area contributed by atoms with E-state index in [2.05, 4.69) is 4.98 Å². The number of piperazine rings is 1. The first-order chi connectivity index (χ1) is 15.9. The molecule has 4 rings (SSSR count). The molecule has 0 saturated carbocycles. The second-order valence-corrected chi connectivity index (χ2v) is 9.48. The maximum absolute atomic E-state index is 12.9. The van der Waals surface area contributed by atoms with E-state index in [9.17, 15) is 9.59 Å².